The van der Waals surface area contributed by atoms with Gasteiger partial charge in [0.15, 0.2) is 5.13 Å². The summed E-state index contributed by atoms with van der Waals surface area (Å²) in [4.78, 5) is 19.0. The van der Waals surface area contributed by atoms with Crippen LogP contribution in [0.2, 0.25) is 0 Å². The number of hydrogen-bond donors (Lipinski definition) is 2. The van der Waals surface area contributed by atoms with E-state index in [1.54, 1.807) is 11.3 Å². The van der Waals surface area contributed by atoms with E-state index < -0.39 is 0 Å². The van der Waals surface area contributed by atoms with E-state index in [9.17, 15) is 4.79 Å². The molecule has 2 heterocycles. The fourth-order valence-corrected chi connectivity index (χ4v) is 3.63. The maximum absolute atomic E-state index is 12.1. The predicted molar refractivity (Wildman–Crippen MR) is 100 cm³/mol. The number of rotatable bonds is 8. The lowest BCUT2D eigenvalue weighted by atomic mass is 10.1. The minimum absolute atomic E-state index is 0.00801. The summed E-state index contributed by atoms with van der Waals surface area (Å²) in [5, 5.41) is 6.03. The van der Waals surface area contributed by atoms with Gasteiger partial charge in [-0.1, -0.05) is 12.1 Å². The Kier molecular flexibility index (Phi) is 6.25. The fraction of sp³-hybridized carbons (Fsp3) is 0.444. The second kappa shape index (κ2) is 8.82. The van der Waals surface area contributed by atoms with Crippen LogP contribution in [0.5, 0.6) is 5.75 Å². The molecule has 0 spiro atoms. The van der Waals surface area contributed by atoms with Crippen molar-refractivity contribution in [1.29, 1.82) is 0 Å². The van der Waals surface area contributed by atoms with E-state index >= 15 is 0 Å². The highest BCUT2D eigenvalue weighted by Crippen LogP contribution is 2.24. The maximum Gasteiger partial charge on any atom is 0.224 e. The van der Waals surface area contributed by atoms with Gasteiger partial charge < -0.3 is 20.7 Å². The Balaban J connectivity index is 1.44. The molecule has 3 rings (SSSR count). The molecule has 1 aliphatic heterocycles. The molecular formula is C18H24N4O2S. The first kappa shape index (κ1) is 17.7. The van der Waals surface area contributed by atoms with Gasteiger partial charge in [-0.05, 0) is 30.5 Å². The number of nitrogens with one attached hydrogen (secondary N) is 1. The molecule has 25 heavy (non-hydrogen) atoms. The molecule has 6 nitrogen and oxygen atoms in total. The summed E-state index contributed by atoms with van der Waals surface area (Å²) in [6, 6.07) is 7.53. The van der Waals surface area contributed by atoms with Gasteiger partial charge in [-0.3, -0.25) is 4.79 Å². The molecule has 0 saturated carbocycles. The highest BCUT2D eigenvalue weighted by molar-refractivity contribution is 7.13. The van der Waals surface area contributed by atoms with Crippen LogP contribution in [0.4, 0.5) is 5.13 Å². The van der Waals surface area contributed by atoms with Crippen LogP contribution >= 0.6 is 11.3 Å². The number of ether oxygens (including phenoxy) is 1. The number of thiazole rings is 1. The van der Waals surface area contributed by atoms with E-state index in [1.807, 2.05) is 29.6 Å². The van der Waals surface area contributed by atoms with Crippen molar-refractivity contribution in [3.05, 3.63) is 40.9 Å². The number of nitrogens with two attached hydrogens (primary N) is 1. The first-order valence-corrected chi connectivity index (χ1v) is 9.50. The zero-order valence-corrected chi connectivity index (χ0v) is 15.1. The highest BCUT2D eigenvalue weighted by atomic mass is 32.1. The Morgan fingerprint density at radius 3 is 2.76 bits per heavy atom. The Hall–Kier alpha value is -2.12. The molecule has 0 bridgehead atoms. The Morgan fingerprint density at radius 2 is 2.04 bits per heavy atom. The molecule has 0 radical (unpaired) electrons. The van der Waals surface area contributed by atoms with Gasteiger partial charge in [-0.25, -0.2) is 4.98 Å². The quantitative estimate of drug-likeness (QED) is 0.752. The van der Waals surface area contributed by atoms with Crippen LogP contribution in [0.25, 0.3) is 0 Å². The second-order valence-electron chi connectivity index (χ2n) is 6.05. The van der Waals surface area contributed by atoms with Gasteiger partial charge in [0.25, 0.3) is 0 Å². The van der Waals surface area contributed by atoms with Crippen molar-refractivity contribution in [2.75, 3.05) is 31.1 Å². The summed E-state index contributed by atoms with van der Waals surface area (Å²) < 4.78 is 5.43. The normalized spacial score (nSPS) is 13.9. The van der Waals surface area contributed by atoms with Crippen molar-refractivity contribution in [3.8, 4) is 5.75 Å². The van der Waals surface area contributed by atoms with E-state index in [0.717, 1.165) is 35.2 Å². The summed E-state index contributed by atoms with van der Waals surface area (Å²) in [6.07, 6.45) is 2.82. The molecular weight excluding hydrogens is 336 g/mol. The van der Waals surface area contributed by atoms with Crippen LogP contribution < -0.4 is 20.7 Å². The molecule has 1 aliphatic rings. The summed E-state index contributed by atoms with van der Waals surface area (Å²) >= 11 is 1.65. The SMILES string of the molecule is NCCOc1ccc(CC(=O)NCc2csc(N3CCCC3)n2)cc1. The maximum atomic E-state index is 12.1. The zero-order chi connectivity index (χ0) is 17.5. The molecule has 0 atom stereocenters. The topological polar surface area (TPSA) is 80.5 Å². The number of carbonyl (C=O) groups is 1. The lowest BCUT2D eigenvalue weighted by molar-refractivity contribution is -0.120. The van der Waals surface area contributed by atoms with Gasteiger partial charge >= 0.3 is 0 Å². The van der Waals surface area contributed by atoms with E-state index in [-0.39, 0.29) is 5.91 Å². The summed E-state index contributed by atoms with van der Waals surface area (Å²) in [5.41, 5.74) is 7.28. The number of anilines is 1. The van der Waals surface area contributed by atoms with E-state index in [0.29, 0.717) is 26.1 Å². The van der Waals surface area contributed by atoms with Crippen LogP contribution in [0.3, 0.4) is 0 Å². The molecule has 0 unspecified atom stereocenters. The lowest BCUT2D eigenvalue weighted by Crippen LogP contribution is -2.25. The van der Waals surface area contributed by atoms with Crippen molar-refractivity contribution in [1.82, 2.24) is 10.3 Å². The van der Waals surface area contributed by atoms with Crippen molar-refractivity contribution in [2.24, 2.45) is 5.73 Å². The number of benzene rings is 1. The number of hydrogen-bond acceptors (Lipinski definition) is 6. The lowest BCUT2D eigenvalue weighted by Gasteiger charge is -2.12. The average Bonchev–Trinajstić information content (AvgIpc) is 3.30. The van der Waals surface area contributed by atoms with Gasteiger partial charge in [0.2, 0.25) is 5.91 Å². The second-order valence-corrected chi connectivity index (χ2v) is 6.89. The highest BCUT2D eigenvalue weighted by Gasteiger charge is 2.15. The number of nitrogens with zero attached hydrogens (tertiary/aromatic N) is 2. The van der Waals surface area contributed by atoms with Crippen LogP contribution in [-0.4, -0.2) is 37.1 Å². The smallest absolute Gasteiger partial charge is 0.224 e. The third kappa shape index (κ3) is 5.17. The molecule has 0 aliphatic carbocycles. The summed E-state index contributed by atoms with van der Waals surface area (Å²) in [5.74, 6) is 0.762. The summed E-state index contributed by atoms with van der Waals surface area (Å²) in [6.45, 7) is 3.63. The molecule has 7 heteroatoms. The van der Waals surface area contributed by atoms with Crippen molar-refractivity contribution >= 4 is 22.4 Å². The van der Waals surface area contributed by atoms with Crippen LogP contribution in [0.1, 0.15) is 24.1 Å². The van der Waals surface area contributed by atoms with E-state index in [1.165, 1.54) is 12.8 Å². The third-order valence-corrected chi connectivity index (χ3v) is 5.01. The first-order valence-electron chi connectivity index (χ1n) is 8.62. The minimum atomic E-state index is -0.00801. The Bertz CT molecular complexity index is 681. The van der Waals surface area contributed by atoms with Crippen molar-refractivity contribution in [3.63, 3.8) is 0 Å². The Labute approximate surface area is 152 Å². The van der Waals surface area contributed by atoms with Crippen LogP contribution in [0.15, 0.2) is 29.6 Å². The number of carbonyl (C=O) groups excluding carboxylic acids is 1. The van der Waals surface area contributed by atoms with Gasteiger partial charge in [0, 0.05) is 25.0 Å². The molecule has 1 fully saturated rings. The van der Waals surface area contributed by atoms with Gasteiger partial charge in [-0.15, -0.1) is 11.3 Å². The van der Waals surface area contributed by atoms with Crippen molar-refractivity contribution in [2.45, 2.75) is 25.8 Å². The molecule has 1 aromatic heterocycles. The molecule has 1 aromatic carbocycles. The van der Waals surface area contributed by atoms with E-state index in [2.05, 4.69) is 15.2 Å². The zero-order valence-electron chi connectivity index (χ0n) is 14.2. The van der Waals surface area contributed by atoms with Crippen LogP contribution in [-0.2, 0) is 17.8 Å². The minimum Gasteiger partial charge on any atom is -0.492 e. The van der Waals surface area contributed by atoms with Gasteiger partial charge in [0.05, 0.1) is 18.7 Å². The molecule has 1 amide bonds. The van der Waals surface area contributed by atoms with Crippen molar-refractivity contribution < 1.29 is 9.53 Å². The summed E-state index contributed by atoms with van der Waals surface area (Å²) in [7, 11) is 0. The van der Waals surface area contributed by atoms with E-state index in [4.69, 9.17) is 10.5 Å². The van der Waals surface area contributed by atoms with Gasteiger partial charge in [0.1, 0.15) is 12.4 Å². The average molecular weight is 360 g/mol. The van der Waals surface area contributed by atoms with Gasteiger partial charge in [-0.2, -0.15) is 0 Å². The molecule has 2 aromatic rings. The molecule has 1 saturated heterocycles. The Morgan fingerprint density at radius 1 is 1.28 bits per heavy atom. The standard InChI is InChI=1S/C18H24N4O2S/c19-7-10-24-16-5-3-14(4-6-16)11-17(23)20-12-15-13-25-18(21-15)22-8-1-2-9-22/h3-6,13H,1-2,7-12,19H2,(H,20,23). The largest absolute Gasteiger partial charge is 0.492 e. The molecule has 3 N–H and O–H groups in total. The first-order chi connectivity index (χ1) is 12.2. The fourth-order valence-electron chi connectivity index (χ4n) is 2.75. The molecule has 134 valence electrons. The monoisotopic (exact) mass is 360 g/mol. The predicted octanol–water partition coefficient (Wildman–Crippen LogP) is 1.94. The number of amides is 1. The van der Waals surface area contributed by atoms with Crippen LogP contribution in [0, 0.1) is 0 Å². The number of aromatic nitrogens is 1. The third-order valence-electron chi connectivity index (χ3n) is 4.06.